The molecule has 0 amide bonds. The summed E-state index contributed by atoms with van der Waals surface area (Å²) in [6.07, 6.45) is 16.2. The number of methoxy groups -OCH3 is 5. The molecule has 4 aromatic carbocycles. The zero-order valence-electron chi connectivity index (χ0n) is 66.1. The van der Waals surface area contributed by atoms with Gasteiger partial charge in [0.25, 0.3) is 0 Å². The predicted molar refractivity (Wildman–Crippen MR) is 429 cm³/mol. The Morgan fingerprint density at radius 1 is 0.570 bits per heavy atom. The van der Waals surface area contributed by atoms with Crippen molar-refractivity contribution in [1.82, 2.24) is 93.4 Å². The number of nitrogens with one attached hydrogen (secondary N) is 2. The molecule has 7 N–H and O–H groups in total. The number of hydrogen-bond acceptors (Lipinski definition) is 26. The molecule has 3 saturated heterocycles. The summed E-state index contributed by atoms with van der Waals surface area (Å²) >= 11 is 3.28. The summed E-state index contributed by atoms with van der Waals surface area (Å²) in [5.74, 6) is 3.60. The number of nitrogens with zero attached hydrogens (tertiary/aromatic N) is 20. The van der Waals surface area contributed by atoms with Crippen molar-refractivity contribution in [2.45, 2.75) is 148 Å². The summed E-state index contributed by atoms with van der Waals surface area (Å²) in [6.45, 7) is 21.6. The molecule has 0 spiro atoms. The maximum atomic E-state index is 14.6. The van der Waals surface area contributed by atoms with E-state index in [0.717, 1.165) is 91.9 Å². The number of nitrogen functional groups attached to an aromatic ring is 2. The van der Waals surface area contributed by atoms with Gasteiger partial charge in [0.2, 0.25) is 17.8 Å². The Morgan fingerprint density at radius 2 is 1.01 bits per heavy atom. The number of aromatic nitrogens is 18. The number of carbonyl (C=O) groups excluding carboxylic acids is 2. The molecule has 0 saturated carbocycles. The highest BCUT2D eigenvalue weighted by atomic mass is 79.9. The van der Waals surface area contributed by atoms with Gasteiger partial charge in [0.1, 0.15) is 22.6 Å². The zero-order valence-corrected chi connectivity index (χ0v) is 67.7. The molecule has 9 aromatic heterocycles. The predicted octanol–water partition coefficient (Wildman–Crippen LogP) is 11.1. The maximum absolute atomic E-state index is 14.6. The summed E-state index contributed by atoms with van der Waals surface area (Å²) in [5.41, 5.74) is 16.4. The summed E-state index contributed by atoms with van der Waals surface area (Å²) in [5, 5.41) is 45.5. The normalized spacial score (nSPS) is 16.5. The highest BCUT2D eigenvalue weighted by molar-refractivity contribution is 9.10. The van der Waals surface area contributed by atoms with Crippen LogP contribution in [0.15, 0.2) is 96.3 Å². The lowest BCUT2D eigenvalue weighted by molar-refractivity contribution is -0.125. The average molecular weight is 1630 g/mol. The van der Waals surface area contributed by atoms with Crippen LogP contribution in [0.25, 0.3) is 49.7 Å². The number of rotatable bonds is 19. The molecule has 0 radical (unpaired) electrons. The molecule has 114 heavy (non-hydrogen) atoms. The summed E-state index contributed by atoms with van der Waals surface area (Å²) in [4.78, 5) is 55.5. The molecule has 36 heteroatoms. The SMILES string of the molecule is CC(=O)C(C)(C)n1cc(Br)cn1.COc1cc2nc(N)n3nc([C@@H]4CCCN(c5cnn(C(C)(C)C(C)=O)c5)C4)nc3c2cc1F.COc1cc2nc(N)n3nc([C@@H]4CCCN(c5cnn(C(C)(C)C(C)O)c5)C4)nc3c2cc1F.COc1ccc(CNc2nc3cc(OC)c(F)cc3c3nc([C@@H]4CCCNC4)nn23)c(OC)c1. The third kappa shape index (κ3) is 16.2. The molecule has 16 rings (SSSR count). The van der Waals surface area contributed by atoms with Gasteiger partial charge in [-0.3, -0.25) is 23.6 Å². The Kier molecular flexibility index (Phi) is 23.2. The molecule has 32 nitrogen and oxygen atoms in total. The van der Waals surface area contributed by atoms with E-state index in [-0.39, 0.29) is 58.5 Å². The molecule has 4 atom stereocenters. The van der Waals surface area contributed by atoms with Gasteiger partial charge in [0.05, 0.1) is 98.2 Å². The Hall–Kier alpha value is -11.5. The number of halogens is 4. The Bertz CT molecular complexity index is 5710. The fourth-order valence-electron chi connectivity index (χ4n) is 13.8. The maximum Gasteiger partial charge on any atom is 0.226 e. The van der Waals surface area contributed by atoms with Gasteiger partial charge in [-0.05, 0) is 154 Å². The van der Waals surface area contributed by atoms with Crippen LogP contribution in [0.4, 0.5) is 42.4 Å². The van der Waals surface area contributed by atoms with E-state index in [4.69, 9.17) is 60.2 Å². The number of piperidine rings is 3. The van der Waals surface area contributed by atoms with Gasteiger partial charge in [0.15, 0.2) is 80.7 Å². The van der Waals surface area contributed by atoms with E-state index in [1.807, 2.05) is 78.3 Å². The molecule has 12 heterocycles. The minimum absolute atomic E-state index is 0.0417. The molecule has 3 aliphatic heterocycles. The van der Waals surface area contributed by atoms with Gasteiger partial charge in [-0.2, -0.15) is 28.8 Å². The first-order chi connectivity index (χ1) is 54.4. The minimum Gasteiger partial charge on any atom is -0.497 e. The van der Waals surface area contributed by atoms with Gasteiger partial charge in [-0.15, -0.1) is 15.3 Å². The smallest absolute Gasteiger partial charge is 0.226 e. The van der Waals surface area contributed by atoms with Crippen LogP contribution in [0.1, 0.15) is 142 Å². The molecular weight excluding hydrogens is 1540 g/mol. The van der Waals surface area contributed by atoms with Gasteiger partial charge >= 0.3 is 0 Å². The highest BCUT2D eigenvalue weighted by Gasteiger charge is 2.34. The molecular formula is C78H94BrF3N24O8. The molecule has 0 aliphatic carbocycles. The van der Waals surface area contributed by atoms with Crippen LogP contribution in [-0.2, 0) is 32.8 Å². The lowest BCUT2D eigenvalue weighted by Gasteiger charge is -2.32. The number of anilines is 5. The van der Waals surface area contributed by atoms with Crippen molar-refractivity contribution in [3.8, 4) is 28.7 Å². The average Bonchev–Trinajstić information content (AvgIpc) is 1.58. The number of ether oxygens (including phenoxy) is 5. The van der Waals surface area contributed by atoms with Crippen molar-refractivity contribution in [2.75, 3.05) is 101 Å². The van der Waals surface area contributed by atoms with E-state index in [1.165, 1.54) is 60.7 Å². The van der Waals surface area contributed by atoms with Gasteiger partial charge in [-0.1, -0.05) is 0 Å². The van der Waals surface area contributed by atoms with Crippen LogP contribution in [0, 0.1) is 17.5 Å². The monoisotopic (exact) mass is 1630 g/mol. The number of ketones is 2. The number of carbonyl (C=O) groups is 2. The third-order valence-electron chi connectivity index (χ3n) is 21.8. The lowest BCUT2D eigenvalue weighted by Crippen LogP contribution is -2.38. The number of Topliss-reactive ketones (excluding diaryl/α,β-unsaturated/α-hetero) is 2. The number of hydrogen-bond donors (Lipinski definition) is 5. The van der Waals surface area contributed by atoms with E-state index in [0.29, 0.717) is 98.4 Å². The second kappa shape index (κ2) is 32.9. The topological polar surface area (TPSA) is 366 Å². The highest BCUT2D eigenvalue weighted by Crippen LogP contribution is 2.38. The molecule has 602 valence electrons. The second-order valence-corrected chi connectivity index (χ2v) is 31.0. The summed E-state index contributed by atoms with van der Waals surface area (Å²) < 4.78 is 80.2. The summed E-state index contributed by atoms with van der Waals surface area (Å²) in [7, 11) is 7.48. The quantitative estimate of drug-likeness (QED) is 0.0502. The van der Waals surface area contributed by atoms with Crippen LogP contribution >= 0.6 is 15.9 Å². The summed E-state index contributed by atoms with van der Waals surface area (Å²) in [6, 6.07) is 14.4. The first-order valence-corrected chi connectivity index (χ1v) is 38.2. The lowest BCUT2D eigenvalue weighted by atomic mass is 9.97. The van der Waals surface area contributed by atoms with E-state index >= 15 is 0 Å². The molecule has 0 bridgehead atoms. The Morgan fingerprint density at radius 3 is 1.46 bits per heavy atom. The largest absolute Gasteiger partial charge is 0.497 e. The fourth-order valence-corrected chi connectivity index (χ4v) is 14.1. The van der Waals surface area contributed by atoms with E-state index in [9.17, 15) is 27.9 Å². The molecule has 13 aromatic rings. The van der Waals surface area contributed by atoms with Gasteiger partial charge in [0, 0.05) is 122 Å². The third-order valence-corrected chi connectivity index (χ3v) is 22.2. The van der Waals surface area contributed by atoms with E-state index in [2.05, 4.69) is 71.8 Å². The second-order valence-electron chi connectivity index (χ2n) is 30.1. The van der Waals surface area contributed by atoms with Crippen LogP contribution < -0.4 is 55.6 Å². The van der Waals surface area contributed by atoms with Crippen LogP contribution in [-0.4, -0.2) is 186 Å². The van der Waals surface area contributed by atoms with Crippen molar-refractivity contribution in [3.63, 3.8) is 0 Å². The van der Waals surface area contributed by atoms with Crippen LogP contribution in [0.3, 0.4) is 0 Å². The molecule has 1 unspecified atom stereocenters. The number of aliphatic hydroxyl groups excluding tert-OH is 1. The van der Waals surface area contributed by atoms with Crippen molar-refractivity contribution in [3.05, 3.63) is 137 Å². The van der Waals surface area contributed by atoms with Crippen LogP contribution in [0.5, 0.6) is 28.7 Å². The first kappa shape index (κ1) is 80.5. The number of nitrogens with two attached hydrogens (primary N) is 2. The molecule has 3 fully saturated rings. The fraction of sp³-hybridized carbons (Fsp3) is 0.436. The molecule has 3 aliphatic rings. The van der Waals surface area contributed by atoms with Crippen LogP contribution in [0.2, 0.25) is 0 Å². The van der Waals surface area contributed by atoms with Crippen molar-refractivity contribution in [2.24, 2.45) is 0 Å². The van der Waals surface area contributed by atoms with E-state index < -0.39 is 40.2 Å². The van der Waals surface area contributed by atoms with Crippen molar-refractivity contribution in [1.29, 1.82) is 0 Å². The number of aliphatic hydroxyl groups is 1. The Labute approximate surface area is 662 Å². The minimum atomic E-state index is -0.708. The number of benzene rings is 4. The van der Waals surface area contributed by atoms with E-state index in [1.54, 1.807) is 78.2 Å². The van der Waals surface area contributed by atoms with Crippen molar-refractivity contribution < 1.29 is 51.6 Å². The van der Waals surface area contributed by atoms with Gasteiger partial charge < -0.3 is 60.7 Å². The standard InChI is InChI=1S/C24H27FN6O3.C23H29FN8O2.C23H27FN8O2.C8H11BrN2O/c1-32-16-7-6-14(20(9-16)33-2)13-27-24-28-19-11-21(34-3)18(25)10-17(19)23-29-22(30-31(23)24)15-5-4-8-26-12-15;2*1-13(33)23(2,3)31-12-15(10-26-31)30-7-5-6-14(11-30)20-28-21-16-8-17(24)19(34-4)9-18(16)27-22(25)32(21)29-20;1-6(12)8(2,3)11-5-7(9)4-10-11/h6-7,9-11,15,26H,4-5,8,12-13H2,1-3H3,(H,27,28);8-10,12-14,33H,5-7,11H2,1-4H3,(H2,25,27);8-10,12,14H,5-7,11H2,1-4H3,(H2,25,27);4-5H,1-3H3/t15-;13?,14-;14-;/m111./s1. The van der Waals surface area contributed by atoms with Gasteiger partial charge in [-0.25, -0.2) is 43.1 Å². The Balaban J connectivity index is 0.000000139. The zero-order chi connectivity index (χ0) is 81.4. The van der Waals surface area contributed by atoms with Crippen molar-refractivity contribution >= 4 is 106 Å². The number of fused-ring (bicyclic) bond motifs is 9. The first-order valence-electron chi connectivity index (χ1n) is 37.4.